The molecule has 0 aliphatic carbocycles. The van der Waals surface area contributed by atoms with E-state index < -0.39 is 0 Å². The van der Waals surface area contributed by atoms with Gasteiger partial charge in [0, 0.05) is 78.7 Å². The number of hydrogen-bond acceptors (Lipinski definition) is 3. The molecule has 1 saturated heterocycles. The van der Waals surface area contributed by atoms with Crippen LogP contribution in [0.2, 0.25) is 0 Å². The second-order valence-corrected chi connectivity index (χ2v) is 8.74. The van der Waals surface area contributed by atoms with Crippen molar-refractivity contribution in [2.45, 2.75) is 26.3 Å². The molecule has 6 heteroatoms. The molecule has 0 unspecified atom stereocenters. The zero-order valence-corrected chi connectivity index (χ0v) is 19.5. The molecule has 3 aromatic carbocycles. The number of aromatic nitrogens is 1. The van der Waals surface area contributed by atoms with E-state index in [2.05, 4.69) is 58.1 Å². The first-order valence-electron chi connectivity index (χ1n) is 12.0. The summed E-state index contributed by atoms with van der Waals surface area (Å²) in [6, 6.07) is 24.6. The van der Waals surface area contributed by atoms with Crippen molar-refractivity contribution in [2.24, 2.45) is 0 Å². The van der Waals surface area contributed by atoms with Crippen molar-refractivity contribution in [2.75, 3.05) is 36.4 Å². The molecule has 1 fully saturated rings. The highest BCUT2D eigenvalue weighted by molar-refractivity contribution is 6.09. The van der Waals surface area contributed by atoms with Gasteiger partial charge in [0.2, 0.25) is 11.8 Å². The van der Waals surface area contributed by atoms with Crippen molar-refractivity contribution < 1.29 is 9.59 Å². The van der Waals surface area contributed by atoms with Crippen molar-refractivity contribution in [3.8, 4) is 0 Å². The van der Waals surface area contributed by atoms with Crippen LogP contribution in [0.1, 0.15) is 19.8 Å². The van der Waals surface area contributed by atoms with Gasteiger partial charge in [-0.15, -0.1) is 0 Å². The van der Waals surface area contributed by atoms with Crippen LogP contribution >= 0.6 is 0 Å². The first-order chi connectivity index (χ1) is 16.6. The van der Waals surface area contributed by atoms with Gasteiger partial charge in [0.15, 0.2) is 0 Å². The molecular formula is C28H30N4O2. The summed E-state index contributed by atoms with van der Waals surface area (Å²) in [5, 5.41) is 5.29. The Morgan fingerprint density at radius 1 is 0.794 bits per heavy atom. The van der Waals surface area contributed by atoms with Gasteiger partial charge >= 0.3 is 0 Å². The van der Waals surface area contributed by atoms with E-state index in [0.717, 1.165) is 36.2 Å². The Morgan fingerprint density at radius 2 is 1.50 bits per heavy atom. The van der Waals surface area contributed by atoms with E-state index in [9.17, 15) is 9.59 Å². The smallest absolute Gasteiger partial charge is 0.224 e. The standard InChI is InChI=1S/C28H30N4O2/c1-2-32-25-11-7-6-10-23(25)24-20-21(12-13-26(24)32)29-27(33)14-15-28(34)31-18-16-30(17-19-31)22-8-4-3-5-9-22/h3-13,20H,2,14-19H2,1H3,(H,29,33). The number of aryl methyl sites for hydroxylation is 1. The maximum Gasteiger partial charge on any atom is 0.224 e. The van der Waals surface area contributed by atoms with Gasteiger partial charge in [0.25, 0.3) is 0 Å². The van der Waals surface area contributed by atoms with Gasteiger partial charge in [0.1, 0.15) is 0 Å². The van der Waals surface area contributed by atoms with Crippen molar-refractivity contribution in [3.05, 3.63) is 72.8 Å². The monoisotopic (exact) mass is 454 g/mol. The van der Waals surface area contributed by atoms with E-state index in [0.29, 0.717) is 13.1 Å². The van der Waals surface area contributed by atoms with Crippen LogP contribution in [0.15, 0.2) is 72.8 Å². The molecule has 1 aromatic heterocycles. The molecule has 2 heterocycles. The Bertz CT molecular complexity index is 1320. The van der Waals surface area contributed by atoms with E-state index in [1.54, 1.807) is 0 Å². The second kappa shape index (κ2) is 9.59. The number of benzene rings is 3. The summed E-state index contributed by atoms with van der Waals surface area (Å²) in [5.74, 6) is -0.0841. The predicted molar refractivity (Wildman–Crippen MR) is 138 cm³/mol. The number of nitrogens with one attached hydrogen (secondary N) is 1. The van der Waals surface area contributed by atoms with Crippen LogP contribution in [-0.2, 0) is 16.1 Å². The molecule has 1 aliphatic heterocycles. The summed E-state index contributed by atoms with van der Waals surface area (Å²) < 4.78 is 2.28. The third kappa shape index (κ3) is 4.36. The SMILES string of the molecule is CCn1c2ccccc2c2cc(NC(=O)CCC(=O)N3CCN(c4ccccc4)CC3)ccc21. The maximum absolute atomic E-state index is 12.7. The van der Waals surface area contributed by atoms with E-state index in [1.165, 1.54) is 16.6 Å². The Balaban J connectivity index is 1.17. The number of piperazine rings is 1. The quantitative estimate of drug-likeness (QED) is 0.452. The minimum absolute atomic E-state index is 0.0457. The molecule has 0 bridgehead atoms. The molecule has 174 valence electrons. The van der Waals surface area contributed by atoms with Gasteiger partial charge in [-0.25, -0.2) is 0 Å². The molecule has 0 saturated carbocycles. The summed E-state index contributed by atoms with van der Waals surface area (Å²) in [6.45, 7) is 6.03. The highest BCUT2D eigenvalue weighted by Gasteiger charge is 2.21. The number of carbonyl (C=O) groups is 2. The van der Waals surface area contributed by atoms with Crippen molar-refractivity contribution in [1.82, 2.24) is 9.47 Å². The number of nitrogens with zero attached hydrogens (tertiary/aromatic N) is 3. The Hall–Kier alpha value is -3.80. The third-order valence-corrected chi connectivity index (χ3v) is 6.69. The topological polar surface area (TPSA) is 57.6 Å². The van der Waals surface area contributed by atoms with Crippen molar-refractivity contribution in [3.63, 3.8) is 0 Å². The number of rotatable bonds is 6. The van der Waals surface area contributed by atoms with E-state index in [4.69, 9.17) is 0 Å². The summed E-state index contributed by atoms with van der Waals surface area (Å²) >= 11 is 0. The lowest BCUT2D eigenvalue weighted by molar-refractivity contribution is -0.133. The van der Waals surface area contributed by atoms with E-state index >= 15 is 0 Å². The number of hydrogen-bond donors (Lipinski definition) is 1. The van der Waals surface area contributed by atoms with Crippen LogP contribution in [0.5, 0.6) is 0 Å². The van der Waals surface area contributed by atoms with Crippen LogP contribution in [0.4, 0.5) is 11.4 Å². The van der Waals surface area contributed by atoms with Gasteiger partial charge < -0.3 is 19.7 Å². The minimum atomic E-state index is -0.130. The fourth-order valence-corrected chi connectivity index (χ4v) is 4.93. The molecule has 34 heavy (non-hydrogen) atoms. The fourth-order valence-electron chi connectivity index (χ4n) is 4.93. The second-order valence-electron chi connectivity index (χ2n) is 8.74. The minimum Gasteiger partial charge on any atom is -0.368 e. The number of anilines is 2. The number of carbonyl (C=O) groups excluding carboxylic acids is 2. The number of fused-ring (bicyclic) bond motifs is 3. The number of amides is 2. The molecule has 1 aliphatic rings. The lowest BCUT2D eigenvalue weighted by atomic mass is 10.1. The van der Waals surface area contributed by atoms with Crippen LogP contribution < -0.4 is 10.2 Å². The lowest BCUT2D eigenvalue weighted by Gasteiger charge is -2.36. The molecule has 4 aromatic rings. The van der Waals surface area contributed by atoms with Crippen molar-refractivity contribution >= 4 is 45.0 Å². The lowest BCUT2D eigenvalue weighted by Crippen LogP contribution is -2.48. The largest absolute Gasteiger partial charge is 0.368 e. The molecule has 2 amide bonds. The zero-order chi connectivity index (χ0) is 23.5. The van der Waals surface area contributed by atoms with Crippen LogP contribution in [0.3, 0.4) is 0 Å². The molecule has 0 atom stereocenters. The Labute approximate surface area is 199 Å². The molecule has 0 spiro atoms. The van der Waals surface area contributed by atoms with Crippen molar-refractivity contribution in [1.29, 1.82) is 0 Å². The van der Waals surface area contributed by atoms with Crippen LogP contribution in [0, 0.1) is 0 Å². The molecule has 5 rings (SSSR count). The zero-order valence-electron chi connectivity index (χ0n) is 19.5. The highest BCUT2D eigenvalue weighted by atomic mass is 16.2. The average molecular weight is 455 g/mol. The maximum atomic E-state index is 12.7. The molecule has 1 N–H and O–H groups in total. The van der Waals surface area contributed by atoms with E-state index in [-0.39, 0.29) is 24.7 Å². The van der Waals surface area contributed by atoms with Gasteiger partial charge in [-0.05, 0) is 43.3 Å². The van der Waals surface area contributed by atoms with Gasteiger partial charge in [-0.2, -0.15) is 0 Å². The molecule has 6 nitrogen and oxygen atoms in total. The summed E-state index contributed by atoms with van der Waals surface area (Å²) in [5.41, 5.74) is 4.31. The molecule has 0 radical (unpaired) electrons. The summed E-state index contributed by atoms with van der Waals surface area (Å²) in [7, 11) is 0. The average Bonchev–Trinajstić information content (AvgIpc) is 3.21. The van der Waals surface area contributed by atoms with Crippen LogP contribution in [-0.4, -0.2) is 47.5 Å². The highest BCUT2D eigenvalue weighted by Crippen LogP contribution is 2.31. The summed E-state index contributed by atoms with van der Waals surface area (Å²) in [6.07, 6.45) is 0.418. The number of para-hydroxylation sites is 2. The molecular weight excluding hydrogens is 424 g/mol. The Kier molecular flexibility index (Phi) is 6.21. The first-order valence-corrected chi connectivity index (χ1v) is 12.0. The van der Waals surface area contributed by atoms with Gasteiger partial charge in [-0.3, -0.25) is 9.59 Å². The third-order valence-electron chi connectivity index (χ3n) is 6.69. The van der Waals surface area contributed by atoms with E-state index in [1.807, 2.05) is 41.3 Å². The predicted octanol–water partition coefficient (Wildman–Crippen LogP) is 4.88. The summed E-state index contributed by atoms with van der Waals surface area (Å²) in [4.78, 5) is 29.4. The Morgan fingerprint density at radius 3 is 2.26 bits per heavy atom. The fraction of sp³-hybridized carbons (Fsp3) is 0.286. The van der Waals surface area contributed by atoms with Crippen LogP contribution in [0.25, 0.3) is 21.8 Å². The van der Waals surface area contributed by atoms with Gasteiger partial charge in [-0.1, -0.05) is 36.4 Å². The normalized spacial score (nSPS) is 14.0. The van der Waals surface area contributed by atoms with Gasteiger partial charge in [0.05, 0.1) is 0 Å². The first kappa shape index (κ1) is 22.0.